The summed E-state index contributed by atoms with van der Waals surface area (Å²) < 4.78 is 11.6. The molecule has 136 valence electrons. The molecule has 0 aliphatic carbocycles. The van der Waals surface area contributed by atoms with E-state index in [1.165, 1.54) is 5.01 Å². The fraction of sp³-hybridized carbons (Fsp3) is 0.143. The zero-order valence-corrected chi connectivity index (χ0v) is 16.5. The van der Waals surface area contributed by atoms with Gasteiger partial charge in [-0.05, 0) is 58.8 Å². The number of anilines is 1. The average Bonchev–Trinajstić information content (AvgIpc) is 2.95. The van der Waals surface area contributed by atoms with Crippen molar-refractivity contribution in [1.29, 1.82) is 0 Å². The number of rotatable bonds is 5. The number of terminal acetylenes is 1. The summed E-state index contributed by atoms with van der Waals surface area (Å²) in [5.74, 6) is 3.28. The molecular weight excluding hydrogens is 408 g/mol. The molecule has 2 aromatic carbocycles. The van der Waals surface area contributed by atoms with Crippen molar-refractivity contribution in [2.24, 2.45) is 5.10 Å². The van der Waals surface area contributed by atoms with Gasteiger partial charge < -0.3 is 9.47 Å². The predicted molar refractivity (Wildman–Crippen MR) is 110 cm³/mol. The molecule has 0 unspecified atom stereocenters. The summed E-state index contributed by atoms with van der Waals surface area (Å²) in [6.45, 7) is 1.94. The Morgan fingerprint density at radius 3 is 2.70 bits per heavy atom. The molecule has 0 fully saturated rings. The van der Waals surface area contributed by atoms with Crippen molar-refractivity contribution in [3.05, 3.63) is 58.1 Å². The second-order valence-electron chi connectivity index (χ2n) is 5.72. The van der Waals surface area contributed by atoms with Crippen molar-refractivity contribution in [1.82, 2.24) is 0 Å². The third-order valence-corrected chi connectivity index (χ3v) is 4.51. The van der Waals surface area contributed by atoms with E-state index >= 15 is 0 Å². The molecule has 2 aromatic rings. The lowest BCUT2D eigenvalue weighted by Crippen LogP contribution is -2.21. The Kier molecular flexibility index (Phi) is 5.63. The molecule has 6 heteroatoms. The van der Waals surface area contributed by atoms with Gasteiger partial charge >= 0.3 is 0 Å². The molecular formula is C21H17BrN2O3. The smallest absolute Gasteiger partial charge is 0.280 e. The molecule has 1 amide bonds. The maximum Gasteiger partial charge on any atom is 0.280 e. The van der Waals surface area contributed by atoms with Crippen LogP contribution in [-0.4, -0.2) is 25.3 Å². The topological polar surface area (TPSA) is 51.1 Å². The minimum Gasteiger partial charge on any atom is -0.493 e. The predicted octanol–water partition coefficient (Wildman–Crippen LogP) is 4.28. The van der Waals surface area contributed by atoms with Crippen LogP contribution in [0.4, 0.5) is 5.69 Å². The molecule has 27 heavy (non-hydrogen) atoms. The number of amides is 1. The van der Waals surface area contributed by atoms with Gasteiger partial charge in [0.05, 0.1) is 28.6 Å². The van der Waals surface area contributed by atoms with Crippen LogP contribution in [0.15, 0.2) is 57.6 Å². The maximum absolute atomic E-state index is 12.8. The summed E-state index contributed by atoms with van der Waals surface area (Å²) in [6.07, 6.45) is 7.03. The summed E-state index contributed by atoms with van der Waals surface area (Å²) in [5, 5.41) is 5.78. The van der Waals surface area contributed by atoms with Gasteiger partial charge in [-0.1, -0.05) is 24.1 Å². The molecule has 3 rings (SSSR count). The molecule has 5 nitrogen and oxygen atoms in total. The Hall–Kier alpha value is -3.04. The number of carbonyl (C=O) groups is 1. The normalized spacial score (nSPS) is 14.9. The second-order valence-corrected chi connectivity index (χ2v) is 6.58. The van der Waals surface area contributed by atoms with Crippen molar-refractivity contribution in [2.75, 3.05) is 18.7 Å². The molecule has 1 aliphatic heterocycles. The van der Waals surface area contributed by atoms with E-state index in [1.807, 2.05) is 43.3 Å². The molecule has 0 aromatic heterocycles. The van der Waals surface area contributed by atoms with E-state index in [4.69, 9.17) is 15.9 Å². The monoisotopic (exact) mass is 424 g/mol. The standard InChI is InChI=1S/C21H17BrN2O3/c1-4-10-27-20-18(22)12-15(13-19(20)26-3)11-17-14(2)23-24(21(17)25)16-8-6-5-7-9-16/h1,5-9,11-13H,10H2,2-3H3/b17-11+. The highest BCUT2D eigenvalue weighted by molar-refractivity contribution is 9.10. The molecule has 1 aliphatic rings. The third-order valence-electron chi connectivity index (χ3n) is 3.93. The van der Waals surface area contributed by atoms with Crippen LogP contribution in [0.5, 0.6) is 11.5 Å². The number of halogens is 1. The highest BCUT2D eigenvalue weighted by Gasteiger charge is 2.28. The molecule has 0 saturated carbocycles. The SMILES string of the molecule is C#CCOc1c(Br)cc(/C=C2/C(=O)N(c3ccccc3)N=C2C)cc1OC. The number of hydrogen-bond acceptors (Lipinski definition) is 4. The Labute approximate surface area is 166 Å². The minimum absolute atomic E-state index is 0.131. The van der Waals surface area contributed by atoms with E-state index in [9.17, 15) is 4.79 Å². The van der Waals surface area contributed by atoms with E-state index in [0.717, 1.165) is 11.3 Å². The fourth-order valence-electron chi connectivity index (χ4n) is 2.67. The van der Waals surface area contributed by atoms with Crippen molar-refractivity contribution >= 4 is 39.3 Å². The number of para-hydroxylation sites is 1. The highest BCUT2D eigenvalue weighted by Crippen LogP contribution is 2.37. The molecule has 0 radical (unpaired) electrons. The van der Waals surface area contributed by atoms with Crippen LogP contribution in [0.3, 0.4) is 0 Å². The van der Waals surface area contributed by atoms with E-state index in [-0.39, 0.29) is 12.5 Å². The van der Waals surface area contributed by atoms with Gasteiger partial charge in [0.1, 0.15) is 6.61 Å². The highest BCUT2D eigenvalue weighted by atomic mass is 79.9. The number of benzene rings is 2. The summed E-state index contributed by atoms with van der Waals surface area (Å²) >= 11 is 3.47. The van der Waals surface area contributed by atoms with Gasteiger partial charge in [-0.2, -0.15) is 10.1 Å². The average molecular weight is 425 g/mol. The Bertz CT molecular complexity index is 975. The zero-order valence-electron chi connectivity index (χ0n) is 14.9. The van der Waals surface area contributed by atoms with Gasteiger partial charge in [0.2, 0.25) is 0 Å². The number of carbonyl (C=O) groups excluding carboxylic acids is 1. The van der Waals surface area contributed by atoms with Gasteiger partial charge in [0.15, 0.2) is 11.5 Å². The van der Waals surface area contributed by atoms with Gasteiger partial charge in [-0.25, -0.2) is 0 Å². The van der Waals surface area contributed by atoms with Crippen LogP contribution in [-0.2, 0) is 4.79 Å². The summed E-state index contributed by atoms with van der Waals surface area (Å²) in [5.41, 5.74) is 2.67. The number of nitrogens with zero attached hydrogens (tertiary/aromatic N) is 2. The summed E-state index contributed by atoms with van der Waals surface area (Å²) in [7, 11) is 1.55. The molecule has 0 spiro atoms. The van der Waals surface area contributed by atoms with Gasteiger partial charge in [-0.15, -0.1) is 6.42 Å². The Morgan fingerprint density at radius 2 is 2.04 bits per heavy atom. The Balaban J connectivity index is 1.95. The largest absolute Gasteiger partial charge is 0.493 e. The first-order valence-corrected chi connectivity index (χ1v) is 8.95. The van der Waals surface area contributed by atoms with Crippen molar-refractivity contribution in [3.63, 3.8) is 0 Å². The van der Waals surface area contributed by atoms with Crippen molar-refractivity contribution in [2.45, 2.75) is 6.92 Å². The first-order valence-electron chi connectivity index (χ1n) is 8.15. The van der Waals surface area contributed by atoms with E-state index in [2.05, 4.69) is 27.0 Å². The molecule has 0 atom stereocenters. The molecule has 1 heterocycles. The van der Waals surface area contributed by atoms with E-state index in [0.29, 0.717) is 27.3 Å². The number of methoxy groups -OCH3 is 1. The van der Waals surface area contributed by atoms with Crippen LogP contribution in [0.25, 0.3) is 6.08 Å². The number of ether oxygens (including phenoxy) is 2. The quantitative estimate of drug-likeness (QED) is 0.531. The lowest BCUT2D eigenvalue weighted by Gasteiger charge is -2.13. The third kappa shape index (κ3) is 3.88. The fourth-order valence-corrected chi connectivity index (χ4v) is 3.25. The van der Waals surface area contributed by atoms with Crippen LogP contribution >= 0.6 is 15.9 Å². The lowest BCUT2D eigenvalue weighted by molar-refractivity contribution is -0.114. The van der Waals surface area contributed by atoms with E-state index in [1.54, 1.807) is 19.3 Å². The van der Waals surface area contributed by atoms with Crippen LogP contribution < -0.4 is 14.5 Å². The summed E-state index contributed by atoms with van der Waals surface area (Å²) in [6, 6.07) is 12.9. The van der Waals surface area contributed by atoms with E-state index < -0.39 is 0 Å². The van der Waals surface area contributed by atoms with Crippen LogP contribution in [0, 0.1) is 12.3 Å². The minimum atomic E-state index is -0.179. The van der Waals surface area contributed by atoms with Gasteiger partial charge in [0, 0.05) is 0 Å². The first kappa shape index (κ1) is 18.7. The Morgan fingerprint density at radius 1 is 1.30 bits per heavy atom. The maximum atomic E-state index is 12.8. The van der Waals surface area contributed by atoms with Crippen molar-refractivity contribution < 1.29 is 14.3 Å². The molecule has 0 N–H and O–H groups in total. The zero-order chi connectivity index (χ0) is 19.4. The van der Waals surface area contributed by atoms with Gasteiger partial charge in [0.25, 0.3) is 5.91 Å². The lowest BCUT2D eigenvalue weighted by atomic mass is 10.1. The molecule has 0 saturated heterocycles. The second kappa shape index (κ2) is 8.11. The van der Waals surface area contributed by atoms with Crippen LogP contribution in [0.2, 0.25) is 0 Å². The number of hydrogen-bond donors (Lipinski definition) is 0. The summed E-state index contributed by atoms with van der Waals surface area (Å²) in [4.78, 5) is 12.8. The first-order chi connectivity index (χ1) is 13.0. The van der Waals surface area contributed by atoms with Gasteiger partial charge in [-0.3, -0.25) is 4.79 Å². The number of hydrazone groups is 1. The molecule has 0 bridgehead atoms. The van der Waals surface area contributed by atoms with Crippen LogP contribution in [0.1, 0.15) is 12.5 Å². The van der Waals surface area contributed by atoms with Crippen molar-refractivity contribution in [3.8, 4) is 23.8 Å².